The van der Waals surface area contributed by atoms with Crippen LogP contribution in [0.25, 0.3) is 0 Å². The molecule has 1 fully saturated rings. The monoisotopic (exact) mass is 567 g/mol. The molecule has 2 heterocycles. The maximum Gasteiger partial charge on any atom is 0.459 e. The van der Waals surface area contributed by atoms with E-state index in [0.717, 1.165) is 0 Å². The summed E-state index contributed by atoms with van der Waals surface area (Å²) in [5.74, 6) is -2.33. The molecular formula is C22H26F4N3O8P. The predicted molar refractivity (Wildman–Crippen MR) is 124 cm³/mol. The van der Waals surface area contributed by atoms with Crippen LogP contribution >= 0.6 is 7.75 Å². The predicted octanol–water partition coefficient (Wildman–Crippen LogP) is 3.07. The number of aromatic nitrogens is 2. The molecule has 2 N–H and O–H groups in total. The highest BCUT2D eigenvalue weighted by molar-refractivity contribution is 7.52. The molecule has 0 spiro atoms. The van der Waals surface area contributed by atoms with Crippen LogP contribution in [0.1, 0.15) is 33.4 Å². The first-order valence-electron chi connectivity index (χ1n) is 11.3. The lowest BCUT2D eigenvalue weighted by Crippen LogP contribution is -2.44. The quantitative estimate of drug-likeness (QED) is 0.238. The summed E-state index contributed by atoms with van der Waals surface area (Å²) in [4.78, 5) is 37.1. The summed E-state index contributed by atoms with van der Waals surface area (Å²) < 4.78 is 91.7. The van der Waals surface area contributed by atoms with Crippen molar-refractivity contribution in [1.82, 2.24) is 14.6 Å². The van der Waals surface area contributed by atoms with Gasteiger partial charge in [-0.05, 0) is 32.9 Å². The lowest BCUT2D eigenvalue weighted by molar-refractivity contribution is -0.169. The van der Waals surface area contributed by atoms with E-state index >= 15 is 0 Å². The molecule has 0 radical (unpaired) electrons. The Bertz CT molecular complexity index is 1290. The number of esters is 1. The molecule has 0 bridgehead atoms. The highest BCUT2D eigenvalue weighted by Crippen LogP contribution is 2.49. The van der Waals surface area contributed by atoms with Crippen molar-refractivity contribution in [3.8, 4) is 5.75 Å². The van der Waals surface area contributed by atoms with Gasteiger partial charge in [0.1, 0.15) is 18.0 Å². The van der Waals surface area contributed by atoms with E-state index in [-0.39, 0.29) is 10.3 Å². The van der Waals surface area contributed by atoms with Gasteiger partial charge in [-0.1, -0.05) is 18.2 Å². The number of alkyl halides is 3. The van der Waals surface area contributed by atoms with E-state index in [1.165, 1.54) is 31.2 Å². The van der Waals surface area contributed by atoms with Crippen molar-refractivity contribution in [2.24, 2.45) is 0 Å². The van der Waals surface area contributed by atoms with Crippen LogP contribution < -0.4 is 20.9 Å². The molecule has 210 valence electrons. The summed E-state index contributed by atoms with van der Waals surface area (Å²) >= 11 is 0. The SMILES string of the molecule is CC(C)OC(=O)[C@H](C)NP(=O)(OC[C@]1(C(F)F)C[C@H](F)[C@H](n2cc(F)c(=O)[nH]c2=O)O1)Oc1ccccc1. The molecule has 1 aromatic carbocycles. The van der Waals surface area contributed by atoms with E-state index in [1.807, 2.05) is 0 Å². The summed E-state index contributed by atoms with van der Waals surface area (Å²) in [6, 6.07) is 6.15. The maximum atomic E-state index is 14.9. The van der Waals surface area contributed by atoms with Gasteiger partial charge in [-0.3, -0.25) is 23.7 Å². The number of aromatic amines is 1. The van der Waals surface area contributed by atoms with Crippen LogP contribution in [0.3, 0.4) is 0 Å². The Balaban J connectivity index is 1.87. The number of carbonyl (C=O) groups is 1. The van der Waals surface area contributed by atoms with E-state index in [1.54, 1.807) is 24.9 Å². The van der Waals surface area contributed by atoms with Gasteiger partial charge in [0, 0.05) is 6.42 Å². The normalized spacial score (nSPS) is 23.8. The Morgan fingerprint density at radius 2 is 1.92 bits per heavy atom. The number of para-hydroxylation sites is 1. The summed E-state index contributed by atoms with van der Waals surface area (Å²) in [7, 11) is -4.63. The summed E-state index contributed by atoms with van der Waals surface area (Å²) in [6.45, 7) is 3.20. The molecule has 1 aliphatic heterocycles. The number of halogens is 4. The van der Waals surface area contributed by atoms with Crippen LogP contribution in [-0.2, 0) is 23.4 Å². The Morgan fingerprint density at radius 1 is 1.26 bits per heavy atom. The molecule has 11 nitrogen and oxygen atoms in total. The second-order valence-electron chi connectivity index (χ2n) is 8.75. The van der Waals surface area contributed by atoms with Crippen molar-refractivity contribution >= 4 is 13.7 Å². The van der Waals surface area contributed by atoms with Crippen LogP contribution in [0.5, 0.6) is 5.75 Å². The second-order valence-corrected chi connectivity index (χ2v) is 10.4. The molecule has 0 amide bonds. The third-order valence-corrected chi connectivity index (χ3v) is 6.93. The van der Waals surface area contributed by atoms with Crippen LogP contribution in [0.4, 0.5) is 17.6 Å². The van der Waals surface area contributed by atoms with E-state index in [0.29, 0.717) is 6.20 Å². The standard InChI is InChI=1S/C22H26F4N3O8P/c1-12(2)35-19(31)13(3)28-38(33,37-14-7-5-4-6-8-14)34-11-22(20(25)26)9-15(23)18(36-22)29-10-16(24)17(30)27-21(29)32/h4-8,10,12-13,15,18,20H,9,11H2,1-3H3,(H,28,33)(H,27,30,32)/t13-,15-,18+,22-,38?/m0/s1. The van der Waals surface area contributed by atoms with Crippen LogP contribution in [-0.4, -0.2) is 52.5 Å². The number of ether oxygens (including phenoxy) is 2. The smallest absolute Gasteiger partial charge is 0.459 e. The number of hydrogen-bond acceptors (Lipinski definition) is 8. The number of H-pyrrole nitrogens is 1. The Morgan fingerprint density at radius 3 is 2.53 bits per heavy atom. The lowest BCUT2D eigenvalue weighted by atomic mass is 10.0. The zero-order valence-corrected chi connectivity index (χ0v) is 21.3. The van der Waals surface area contributed by atoms with Crippen molar-refractivity contribution in [3.05, 3.63) is 63.2 Å². The van der Waals surface area contributed by atoms with Crippen molar-refractivity contribution < 1.29 is 45.4 Å². The summed E-state index contributed by atoms with van der Waals surface area (Å²) in [5.41, 5.74) is -5.46. The van der Waals surface area contributed by atoms with Crippen molar-refractivity contribution in [2.45, 2.75) is 63.8 Å². The maximum absolute atomic E-state index is 14.9. The minimum Gasteiger partial charge on any atom is -0.462 e. The van der Waals surface area contributed by atoms with E-state index in [9.17, 15) is 36.5 Å². The highest BCUT2D eigenvalue weighted by Gasteiger charge is 2.55. The highest BCUT2D eigenvalue weighted by atomic mass is 31.2. The fraction of sp³-hybridized carbons (Fsp3) is 0.500. The first kappa shape index (κ1) is 29.6. The van der Waals surface area contributed by atoms with Gasteiger partial charge in [-0.15, -0.1) is 0 Å². The van der Waals surface area contributed by atoms with Crippen molar-refractivity contribution in [2.75, 3.05) is 6.61 Å². The van der Waals surface area contributed by atoms with Gasteiger partial charge in [-0.25, -0.2) is 22.5 Å². The van der Waals surface area contributed by atoms with Gasteiger partial charge in [0.05, 0.1) is 18.9 Å². The molecule has 16 heteroatoms. The largest absolute Gasteiger partial charge is 0.462 e. The topological polar surface area (TPSA) is 138 Å². The number of benzene rings is 1. The molecule has 5 atom stereocenters. The van der Waals surface area contributed by atoms with E-state index in [4.69, 9.17) is 18.5 Å². The molecule has 1 aliphatic rings. The number of carbonyl (C=O) groups excluding carboxylic acids is 1. The Kier molecular flexibility index (Phi) is 9.18. The average Bonchev–Trinajstić information content (AvgIpc) is 3.18. The van der Waals surface area contributed by atoms with Crippen LogP contribution in [0.15, 0.2) is 46.1 Å². The minimum absolute atomic E-state index is 0.0114. The van der Waals surface area contributed by atoms with Crippen LogP contribution in [0, 0.1) is 5.82 Å². The molecule has 38 heavy (non-hydrogen) atoms. The zero-order valence-electron chi connectivity index (χ0n) is 20.4. The third kappa shape index (κ3) is 6.90. The first-order chi connectivity index (χ1) is 17.7. The lowest BCUT2D eigenvalue weighted by Gasteiger charge is -2.30. The number of hydrogen-bond donors (Lipinski definition) is 2. The molecule has 1 aromatic heterocycles. The fourth-order valence-electron chi connectivity index (χ4n) is 3.50. The van der Waals surface area contributed by atoms with Crippen LogP contribution in [0.2, 0.25) is 0 Å². The number of rotatable bonds is 11. The summed E-state index contributed by atoms with van der Waals surface area (Å²) in [6.07, 6.45) is -9.03. The molecule has 1 saturated heterocycles. The number of nitrogens with zero attached hydrogens (tertiary/aromatic N) is 1. The minimum atomic E-state index is -4.63. The van der Waals surface area contributed by atoms with E-state index in [2.05, 4.69) is 5.09 Å². The van der Waals surface area contributed by atoms with Gasteiger partial charge in [-0.2, -0.15) is 9.48 Å². The molecule has 2 aromatic rings. The molecule has 0 aliphatic carbocycles. The molecule has 0 saturated carbocycles. The first-order valence-corrected chi connectivity index (χ1v) is 12.9. The Hall–Kier alpha value is -3.00. The van der Waals surface area contributed by atoms with Gasteiger partial charge in [0.2, 0.25) is 5.82 Å². The van der Waals surface area contributed by atoms with Crippen molar-refractivity contribution in [1.29, 1.82) is 0 Å². The zero-order chi connectivity index (χ0) is 28.3. The van der Waals surface area contributed by atoms with Gasteiger partial charge in [0.25, 0.3) is 12.0 Å². The summed E-state index contributed by atoms with van der Waals surface area (Å²) in [5, 5.41) is 2.30. The second kappa shape index (κ2) is 11.8. The Labute approximate surface area is 213 Å². The van der Waals surface area contributed by atoms with Gasteiger partial charge in [0.15, 0.2) is 11.8 Å². The molecular weight excluding hydrogens is 541 g/mol. The van der Waals surface area contributed by atoms with E-state index < -0.39 is 80.4 Å². The number of nitrogens with one attached hydrogen (secondary N) is 2. The average molecular weight is 567 g/mol. The fourth-order valence-corrected chi connectivity index (χ4v) is 5.05. The third-order valence-electron chi connectivity index (χ3n) is 5.31. The van der Waals surface area contributed by atoms with Gasteiger partial charge < -0.3 is 14.0 Å². The molecule has 1 unspecified atom stereocenters. The van der Waals surface area contributed by atoms with Gasteiger partial charge >= 0.3 is 19.4 Å². The van der Waals surface area contributed by atoms with Crippen molar-refractivity contribution in [3.63, 3.8) is 0 Å². The molecule has 3 rings (SSSR count).